The van der Waals surface area contributed by atoms with Crippen molar-refractivity contribution in [1.29, 1.82) is 0 Å². The van der Waals surface area contributed by atoms with Crippen LogP contribution < -0.4 is 5.73 Å². The summed E-state index contributed by atoms with van der Waals surface area (Å²) in [5.41, 5.74) is 9.76. The number of halogens is 1. The fourth-order valence-corrected chi connectivity index (χ4v) is 3.70. The average Bonchev–Trinajstić information content (AvgIpc) is 3.52. The molecule has 0 radical (unpaired) electrons. The molecule has 30 heavy (non-hydrogen) atoms. The number of nitrogens with two attached hydrogens (primary N) is 1. The number of nitrogens with zero attached hydrogens (tertiary/aromatic N) is 3. The van der Waals surface area contributed by atoms with Gasteiger partial charge in [-0.25, -0.2) is 4.98 Å². The minimum atomic E-state index is -0.00263. The molecule has 1 aliphatic carbocycles. The Bertz CT molecular complexity index is 986. The van der Waals surface area contributed by atoms with E-state index in [-0.39, 0.29) is 18.3 Å². The predicted molar refractivity (Wildman–Crippen MR) is 120 cm³/mol. The van der Waals surface area contributed by atoms with E-state index in [4.69, 9.17) is 10.3 Å². The number of hydrogen-bond acceptors (Lipinski definition) is 5. The molecule has 160 valence electrons. The molecule has 1 aromatic carbocycles. The standard InChI is InChI=1S/C23H28N4O2.ClH/c1-2-7-19-21-18(14-20(17-10-11-17)25-22(21)29-26-19)23(28)27(13-6-12-24)15-16-8-4-3-5-9-16;/h3-5,8-9,14,17H,2,6-7,10-13,15,24H2,1H3;1H. The molecule has 1 amide bonds. The number of hydrogen-bond donors (Lipinski definition) is 1. The predicted octanol–water partition coefficient (Wildman–Crippen LogP) is 4.47. The molecule has 0 atom stereocenters. The average molecular weight is 429 g/mol. The van der Waals surface area contributed by atoms with Crippen molar-refractivity contribution in [2.45, 2.75) is 51.5 Å². The first-order chi connectivity index (χ1) is 14.2. The summed E-state index contributed by atoms with van der Waals surface area (Å²) in [6.07, 6.45) is 4.68. The van der Waals surface area contributed by atoms with E-state index in [2.05, 4.69) is 17.1 Å². The van der Waals surface area contributed by atoms with Gasteiger partial charge in [-0.1, -0.05) is 48.8 Å². The largest absolute Gasteiger partial charge is 0.336 e. The maximum atomic E-state index is 13.7. The minimum Gasteiger partial charge on any atom is -0.336 e. The van der Waals surface area contributed by atoms with Gasteiger partial charge >= 0.3 is 0 Å². The van der Waals surface area contributed by atoms with E-state index in [1.165, 1.54) is 0 Å². The lowest BCUT2D eigenvalue weighted by molar-refractivity contribution is 0.0744. The summed E-state index contributed by atoms with van der Waals surface area (Å²) in [5.74, 6) is 0.425. The molecule has 2 aromatic heterocycles. The van der Waals surface area contributed by atoms with E-state index < -0.39 is 0 Å². The molecule has 0 unspecified atom stereocenters. The van der Waals surface area contributed by atoms with Gasteiger partial charge < -0.3 is 15.2 Å². The number of pyridine rings is 1. The zero-order valence-electron chi connectivity index (χ0n) is 17.3. The lowest BCUT2D eigenvalue weighted by Crippen LogP contribution is -2.33. The summed E-state index contributed by atoms with van der Waals surface area (Å²) in [5, 5.41) is 5.00. The van der Waals surface area contributed by atoms with Crippen molar-refractivity contribution in [3.8, 4) is 0 Å². The Hall–Kier alpha value is -2.44. The van der Waals surface area contributed by atoms with Gasteiger partial charge in [-0.05, 0) is 43.9 Å². The Morgan fingerprint density at radius 2 is 2.03 bits per heavy atom. The Kier molecular flexibility index (Phi) is 7.45. The van der Waals surface area contributed by atoms with Crippen LogP contribution in [0.4, 0.5) is 0 Å². The number of amides is 1. The van der Waals surface area contributed by atoms with E-state index in [0.717, 1.165) is 54.4 Å². The molecule has 2 N–H and O–H groups in total. The van der Waals surface area contributed by atoms with Crippen LogP contribution >= 0.6 is 12.4 Å². The molecular weight excluding hydrogens is 400 g/mol. The van der Waals surface area contributed by atoms with Crippen LogP contribution in [0.1, 0.15) is 65.8 Å². The van der Waals surface area contributed by atoms with E-state index in [1.807, 2.05) is 41.3 Å². The summed E-state index contributed by atoms with van der Waals surface area (Å²) in [7, 11) is 0. The topological polar surface area (TPSA) is 85.2 Å². The molecular formula is C23H29ClN4O2. The van der Waals surface area contributed by atoms with Gasteiger partial charge in [0.1, 0.15) is 0 Å². The highest BCUT2D eigenvalue weighted by atomic mass is 35.5. The number of benzene rings is 1. The molecule has 4 rings (SSSR count). The van der Waals surface area contributed by atoms with Gasteiger partial charge in [-0.2, -0.15) is 0 Å². The first kappa shape index (κ1) is 22.2. The number of aryl methyl sites for hydroxylation is 1. The van der Waals surface area contributed by atoms with Crippen LogP contribution in [0.5, 0.6) is 0 Å². The first-order valence-corrected chi connectivity index (χ1v) is 10.5. The molecule has 0 bridgehead atoms. The quantitative estimate of drug-likeness (QED) is 0.543. The zero-order chi connectivity index (χ0) is 20.2. The summed E-state index contributed by atoms with van der Waals surface area (Å²) in [6.45, 7) is 3.81. The number of rotatable bonds is 9. The first-order valence-electron chi connectivity index (χ1n) is 10.5. The molecule has 0 spiro atoms. The number of carbonyl (C=O) groups excluding carboxylic acids is 1. The zero-order valence-corrected chi connectivity index (χ0v) is 18.2. The monoisotopic (exact) mass is 428 g/mol. The molecule has 0 saturated heterocycles. The summed E-state index contributed by atoms with van der Waals surface area (Å²) >= 11 is 0. The lowest BCUT2D eigenvalue weighted by atomic mass is 10.0. The second-order valence-corrected chi connectivity index (χ2v) is 7.78. The maximum Gasteiger partial charge on any atom is 0.259 e. The van der Waals surface area contributed by atoms with Gasteiger partial charge in [0.15, 0.2) is 0 Å². The summed E-state index contributed by atoms with van der Waals surface area (Å²) < 4.78 is 5.54. The Balaban J connectivity index is 0.00000256. The van der Waals surface area contributed by atoms with E-state index in [1.54, 1.807) is 0 Å². The molecule has 6 nitrogen and oxygen atoms in total. The SMILES string of the molecule is CCCc1noc2nc(C3CC3)cc(C(=O)N(CCCN)Cc3ccccc3)c12.Cl. The van der Waals surface area contributed by atoms with Crippen molar-refractivity contribution in [2.24, 2.45) is 5.73 Å². The highest BCUT2D eigenvalue weighted by Crippen LogP contribution is 2.40. The van der Waals surface area contributed by atoms with Gasteiger partial charge in [0, 0.05) is 24.7 Å². The number of carbonyl (C=O) groups is 1. The molecule has 3 aromatic rings. The van der Waals surface area contributed by atoms with Gasteiger partial charge in [0.05, 0.1) is 16.6 Å². The van der Waals surface area contributed by atoms with Crippen LogP contribution in [0.2, 0.25) is 0 Å². The van der Waals surface area contributed by atoms with E-state index in [0.29, 0.717) is 36.8 Å². The third-order valence-electron chi connectivity index (χ3n) is 5.39. The van der Waals surface area contributed by atoms with Gasteiger partial charge in [0.25, 0.3) is 11.6 Å². The fourth-order valence-electron chi connectivity index (χ4n) is 3.70. The van der Waals surface area contributed by atoms with Gasteiger partial charge in [-0.15, -0.1) is 12.4 Å². The molecule has 1 fully saturated rings. The normalized spacial score (nSPS) is 13.3. The second kappa shape index (κ2) is 10.0. The van der Waals surface area contributed by atoms with E-state index in [9.17, 15) is 4.79 Å². The lowest BCUT2D eigenvalue weighted by Gasteiger charge is -2.23. The summed E-state index contributed by atoms with van der Waals surface area (Å²) in [6, 6.07) is 12.0. The molecule has 1 saturated carbocycles. The highest BCUT2D eigenvalue weighted by molar-refractivity contribution is 6.06. The van der Waals surface area contributed by atoms with Crippen LogP contribution in [0, 0.1) is 0 Å². The van der Waals surface area contributed by atoms with Gasteiger partial charge in [-0.3, -0.25) is 4.79 Å². The van der Waals surface area contributed by atoms with Crippen LogP contribution in [-0.2, 0) is 13.0 Å². The highest BCUT2D eigenvalue weighted by Gasteiger charge is 2.30. The van der Waals surface area contributed by atoms with Crippen molar-refractivity contribution in [1.82, 2.24) is 15.0 Å². The third-order valence-corrected chi connectivity index (χ3v) is 5.39. The van der Waals surface area contributed by atoms with Crippen molar-refractivity contribution < 1.29 is 9.32 Å². The second-order valence-electron chi connectivity index (χ2n) is 7.78. The Labute approximate surface area is 183 Å². The van der Waals surface area contributed by atoms with Crippen molar-refractivity contribution in [2.75, 3.05) is 13.1 Å². The van der Waals surface area contributed by atoms with Crippen molar-refractivity contribution >= 4 is 29.4 Å². The maximum absolute atomic E-state index is 13.7. The molecule has 7 heteroatoms. The third kappa shape index (κ3) is 4.82. The van der Waals surface area contributed by atoms with Crippen molar-refractivity contribution in [3.63, 3.8) is 0 Å². The number of fused-ring (bicyclic) bond motifs is 1. The fraction of sp³-hybridized carbons (Fsp3) is 0.435. The van der Waals surface area contributed by atoms with Crippen LogP contribution in [0.15, 0.2) is 40.9 Å². The van der Waals surface area contributed by atoms with Crippen LogP contribution in [0.3, 0.4) is 0 Å². The number of aromatic nitrogens is 2. The van der Waals surface area contributed by atoms with Gasteiger partial charge in [0.2, 0.25) is 0 Å². The van der Waals surface area contributed by atoms with Crippen LogP contribution in [0.25, 0.3) is 11.1 Å². The van der Waals surface area contributed by atoms with Crippen molar-refractivity contribution in [3.05, 3.63) is 58.9 Å². The Morgan fingerprint density at radius 1 is 1.27 bits per heavy atom. The minimum absolute atomic E-state index is 0. The van der Waals surface area contributed by atoms with E-state index >= 15 is 0 Å². The Morgan fingerprint density at radius 3 is 2.70 bits per heavy atom. The van der Waals surface area contributed by atoms with Crippen LogP contribution in [-0.4, -0.2) is 34.0 Å². The smallest absolute Gasteiger partial charge is 0.259 e. The molecule has 2 heterocycles. The molecule has 0 aliphatic heterocycles. The summed E-state index contributed by atoms with van der Waals surface area (Å²) in [4.78, 5) is 20.3. The molecule has 1 aliphatic rings.